The number of benzene rings is 1. The highest BCUT2D eigenvalue weighted by Crippen LogP contribution is 2.22. The van der Waals surface area contributed by atoms with Crippen molar-refractivity contribution in [3.8, 4) is 11.6 Å². The summed E-state index contributed by atoms with van der Waals surface area (Å²) in [5.74, 6) is -0.274. The molecule has 16 heavy (non-hydrogen) atoms. The Bertz CT molecular complexity index is 705. The molecule has 0 atom stereocenters. The Labute approximate surface area is 90.1 Å². The zero-order valence-electron chi connectivity index (χ0n) is 8.57. The summed E-state index contributed by atoms with van der Waals surface area (Å²) < 4.78 is 4.88. The Kier molecular flexibility index (Phi) is 1.73. The normalized spacial score (nSPS) is 11.1. The van der Waals surface area contributed by atoms with Crippen LogP contribution in [0.15, 0.2) is 33.5 Å². The summed E-state index contributed by atoms with van der Waals surface area (Å²) in [7, 11) is 0. The molecule has 80 valence electrons. The van der Waals surface area contributed by atoms with Crippen LogP contribution in [0.4, 0.5) is 0 Å². The summed E-state index contributed by atoms with van der Waals surface area (Å²) in [5, 5.41) is 7.07. The number of hydrogen-bond acceptors (Lipinski definition) is 3. The molecule has 2 heterocycles. The van der Waals surface area contributed by atoms with Crippen molar-refractivity contribution >= 4 is 10.9 Å². The minimum atomic E-state index is -0.551. The van der Waals surface area contributed by atoms with E-state index in [1.807, 2.05) is 25.1 Å². The molecule has 2 N–H and O–H groups in total. The van der Waals surface area contributed by atoms with Gasteiger partial charge in [0, 0.05) is 10.9 Å². The molecule has 1 aromatic carbocycles. The van der Waals surface area contributed by atoms with Crippen molar-refractivity contribution in [2.24, 2.45) is 0 Å². The number of H-pyrrole nitrogens is 2. The van der Waals surface area contributed by atoms with Crippen molar-refractivity contribution in [2.75, 3.05) is 0 Å². The third-order valence-corrected chi connectivity index (χ3v) is 2.44. The van der Waals surface area contributed by atoms with Crippen LogP contribution in [-0.2, 0) is 0 Å². The lowest BCUT2D eigenvalue weighted by Crippen LogP contribution is -1.93. The van der Waals surface area contributed by atoms with Crippen LogP contribution in [0, 0.1) is 6.92 Å². The average molecular weight is 215 g/mol. The van der Waals surface area contributed by atoms with E-state index in [9.17, 15) is 4.79 Å². The fourth-order valence-electron chi connectivity index (χ4n) is 1.71. The van der Waals surface area contributed by atoms with E-state index in [0.29, 0.717) is 5.69 Å². The van der Waals surface area contributed by atoms with Crippen molar-refractivity contribution in [1.82, 2.24) is 15.2 Å². The molecule has 0 bridgehead atoms. The smallest absolute Gasteiger partial charge is 0.386 e. The second-order valence-corrected chi connectivity index (χ2v) is 3.69. The summed E-state index contributed by atoms with van der Waals surface area (Å²) in [6.07, 6.45) is 0. The first-order valence-electron chi connectivity index (χ1n) is 4.87. The largest absolute Gasteiger partial charge is 0.434 e. The highest BCUT2D eigenvalue weighted by atomic mass is 16.4. The van der Waals surface area contributed by atoms with Gasteiger partial charge in [-0.25, -0.2) is 9.89 Å². The number of aromatic nitrogens is 3. The standard InChI is InChI=1S/C11H9N3O2/c1-6-2-3-8-7(4-6)5-9(12-8)10-13-14-11(15)16-10/h2-5,12H,1H3,(H,14,15). The van der Waals surface area contributed by atoms with Gasteiger partial charge in [0.1, 0.15) is 5.69 Å². The molecule has 5 heteroatoms. The third-order valence-electron chi connectivity index (χ3n) is 2.44. The summed E-state index contributed by atoms with van der Waals surface area (Å²) in [6.45, 7) is 2.03. The van der Waals surface area contributed by atoms with Gasteiger partial charge in [0.05, 0.1) is 0 Å². The molecule has 0 unspecified atom stereocenters. The molecule has 3 rings (SSSR count). The number of rotatable bonds is 1. The Hall–Kier alpha value is -2.30. The first kappa shape index (κ1) is 8.96. The summed E-state index contributed by atoms with van der Waals surface area (Å²) >= 11 is 0. The van der Waals surface area contributed by atoms with E-state index in [1.54, 1.807) is 0 Å². The van der Waals surface area contributed by atoms with Gasteiger partial charge in [-0.3, -0.25) is 0 Å². The number of nitrogens with zero attached hydrogens (tertiary/aromatic N) is 1. The fraction of sp³-hybridized carbons (Fsp3) is 0.0909. The minimum Gasteiger partial charge on any atom is -0.386 e. The molecular weight excluding hydrogens is 206 g/mol. The maximum Gasteiger partial charge on any atom is 0.434 e. The lowest BCUT2D eigenvalue weighted by molar-refractivity contribution is 0.525. The molecule has 2 aromatic heterocycles. The lowest BCUT2D eigenvalue weighted by atomic mass is 10.2. The number of nitrogens with one attached hydrogen (secondary N) is 2. The van der Waals surface area contributed by atoms with Gasteiger partial charge >= 0.3 is 5.76 Å². The van der Waals surface area contributed by atoms with E-state index < -0.39 is 5.76 Å². The SMILES string of the molecule is Cc1ccc2[nH]c(-c3n[nH]c(=O)o3)cc2c1. The Morgan fingerprint density at radius 3 is 2.94 bits per heavy atom. The van der Waals surface area contributed by atoms with E-state index in [-0.39, 0.29) is 5.89 Å². The first-order valence-corrected chi connectivity index (χ1v) is 4.87. The molecule has 0 amide bonds. The second kappa shape index (κ2) is 3.10. The maximum absolute atomic E-state index is 10.8. The third kappa shape index (κ3) is 1.33. The van der Waals surface area contributed by atoms with Gasteiger partial charge in [0.2, 0.25) is 0 Å². The van der Waals surface area contributed by atoms with Crippen molar-refractivity contribution < 1.29 is 4.42 Å². The van der Waals surface area contributed by atoms with Gasteiger partial charge in [0.25, 0.3) is 5.89 Å². The van der Waals surface area contributed by atoms with Crippen LogP contribution in [0.3, 0.4) is 0 Å². The van der Waals surface area contributed by atoms with Gasteiger partial charge in [0.15, 0.2) is 0 Å². The summed E-state index contributed by atoms with van der Waals surface area (Å²) in [4.78, 5) is 14.0. The monoisotopic (exact) mass is 215 g/mol. The molecule has 0 saturated heterocycles. The van der Waals surface area contributed by atoms with Crippen LogP contribution in [0.5, 0.6) is 0 Å². The Morgan fingerprint density at radius 2 is 2.19 bits per heavy atom. The van der Waals surface area contributed by atoms with Crippen LogP contribution in [-0.4, -0.2) is 15.2 Å². The van der Waals surface area contributed by atoms with Gasteiger partial charge in [-0.2, -0.15) is 0 Å². The highest BCUT2D eigenvalue weighted by Gasteiger charge is 2.08. The van der Waals surface area contributed by atoms with Crippen molar-refractivity contribution in [2.45, 2.75) is 6.92 Å². The molecule has 0 radical (unpaired) electrons. The van der Waals surface area contributed by atoms with Gasteiger partial charge < -0.3 is 9.40 Å². The van der Waals surface area contributed by atoms with E-state index in [1.165, 1.54) is 5.56 Å². The Morgan fingerprint density at radius 1 is 1.31 bits per heavy atom. The van der Waals surface area contributed by atoms with Gasteiger partial charge in [-0.1, -0.05) is 11.6 Å². The first-order chi connectivity index (χ1) is 7.72. The molecule has 0 spiro atoms. The summed E-state index contributed by atoms with van der Waals surface area (Å²) in [6, 6.07) is 7.96. The van der Waals surface area contributed by atoms with E-state index in [4.69, 9.17) is 4.42 Å². The second-order valence-electron chi connectivity index (χ2n) is 3.69. The predicted octanol–water partition coefficient (Wildman–Crippen LogP) is 1.82. The number of hydrogen-bond donors (Lipinski definition) is 2. The Balaban J connectivity index is 2.22. The van der Waals surface area contributed by atoms with Crippen LogP contribution < -0.4 is 5.76 Å². The van der Waals surface area contributed by atoms with Gasteiger partial charge in [-0.05, 0) is 25.1 Å². The highest BCUT2D eigenvalue weighted by molar-refractivity contribution is 5.84. The van der Waals surface area contributed by atoms with E-state index in [0.717, 1.165) is 10.9 Å². The lowest BCUT2D eigenvalue weighted by Gasteiger charge is -1.90. The number of aromatic amines is 2. The molecule has 0 aliphatic heterocycles. The molecule has 0 aliphatic carbocycles. The fourth-order valence-corrected chi connectivity index (χ4v) is 1.71. The molecule has 0 fully saturated rings. The van der Waals surface area contributed by atoms with Crippen molar-refractivity contribution in [3.05, 3.63) is 40.4 Å². The van der Waals surface area contributed by atoms with Crippen LogP contribution in [0.2, 0.25) is 0 Å². The van der Waals surface area contributed by atoms with Crippen LogP contribution in [0.25, 0.3) is 22.5 Å². The van der Waals surface area contributed by atoms with E-state index >= 15 is 0 Å². The maximum atomic E-state index is 10.8. The van der Waals surface area contributed by atoms with Crippen LogP contribution >= 0.6 is 0 Å². The van der Waals surface area contributed by atoms with E-state index in [2.05, 4.69) is 21.2 Å². The molecule has 0 aliphatic rings. The molecule has 5 nitrogen and oxygen atoms in total. The topological polar surface area (TPSA) is 74.7 Å². The van der Waals surface area contributed by atoms with Crippen LogP contribution in [0.1, 0.15) is 5.56 Å². The number of fused-ring (bicyclic) bond motifs is 1. The molecular formula is C11H9N3O2. The van der Waals surface area contributed by atoms with Crippen molar-refractivity contribution in [3.63, 3.8) is 0 Å². The van der Waals surface area contributed by atoms with Crippen molar-refractivity contribution in [1.29, 1.82) is 0 Å². The quantitative estimate of drug-likeness (QED) is 0.650. The zero-order valence-corrected chi connectivity index (χ0v) is 8.57. The zero-order chi connectivity index (χ0) is 11.1. The number of aryl methyl sites for hydroxylation is 1. The molecule has 3 aromatic rings. The molecule has 0 saturated carbocycles. The predicted molar refractivity (Wildman–Crippen MR) is 59.2 cm³/mol. The average Bonchev–Trinajstić information content (AvgIpc) is 2.83. The summed E-state index contributed by atoms with van der Waals surface area (Å²) in [5.41, 5.74) is 2.87. The van der Waals surface area contributed by atoms with Gasteiger partial charge in [-0.15, -0.1) is 5.10 Å². The minimum absolute atomic E-state index is 0.277.